The molecule has 1 amide bonds. The van der Waals surface area contributed by atoms with Crippen LogP contribution >= 0.6 is 0 Å². The topological polar surface area (TPSA) is 182 Å². The number of aromatic hydroxyl groups is 1. The first-order valence-corrected chi connectivity index (χ1v) is 9.71. The molecule has 168 valence electrons. The van der Waals surface area contributed by atoms with Crippen LogP contribution < -0.4 is 5.73 Å². The maximum absolute atomic E-state index is 13.6. The van der Waals surface area contributed by atoms with Crippen molar-refractivity contribution in [2.45, 2.75) is 17.7 Å². The number of aliphatic hydroxyl groups excluding tert-OH is 3. The Morgan fingerprint density at radius 1 is 1.18 bits per heavy atom. The number of rotatable bonds is 2. The zero-order chi connectivity index (χ0) is 23.9. The molecular formula is C22H22CaN2O8+2. The first-order chi connectivity index (χ1) is 14.9. The van der Waals surface area contributed by atoms with Crippen molar-refractivity contribution in [1.82, 2.24) is 4.90 Å². The zero-order valence-corrected chi connectivity index (χ0v) is 20.1. The van der Waals surface area contributed by atoms with Crippen molar-refractivity contribution < 1.29 is 39.9 Å². The number of aliphatic hydroxyl groups is 4. The number of likely N-dealkylation sites (N-methyl/N-ethyl adjacent to an activating group) is 1. The molecule has 1 fully saturated rings. The van der Waals surface area contributed by atoms with Crippen molar-refractivity contribution in [2.24, 2.45) is 17.6 Å². The van der Waals surface area contributed by atoms with Gasteiger partial charge >= 0.3 is 37.7 Å². The molecule has 1 saturated carbocycles. The Kier molecular flexibility index (Phi) is 6.33. The van der Waals surface area contributed by atoms with E-state index < -0.39 is 69.7 Å². The van der Waals surface area contributed by atoms with Crippen molar-refractivity contribution >= 4 is 66.5 Å². The van der Waals surface area contributed by atoms with Crippen molar-refractivity contribution in [3.63, 3.8) is 0 Å². The van der Waals surface area contributed by atoms with Gasteiger partial charge in [-0.25, -0.2) is 0 Å². The molecule has 1 aromatic carbocycles. The number of amides is 1. The molecule has 7 N–H and O–H groups in total. The second-order valence-corrected chi connectivity index (χ2v) is 8.44. The smallest absolute Gasteiger partial charge is 0.508 e. The van der Waals surface area contributed by atoms with Crippen LogP contribution in [0.5, 0.6) is 5.75 Å². The van der Waals surface area contributed by atoms with Gasteiger partial charge in [0.05, 0.1) is 29.2 Å². The molecule has 1 aromatic rings. The van der Waals surface area contributed by atoms with Crippen molar-refractivity contribution in [1.29, 1.82) is 0 Å². The molecule has 11 heteroatoms. The number of Topliss-reactive ketones (excluding diaryl/α,β-unsaturated/α-hetero) is 2. The third-order valence-electron chi connectivity index (χ3n) is 6.61. The molecule has 0 aromatic heterocycles. The van der Waals surface area contributed by atoms with Gasteiger partial charge < -0.3 is 31.3 Å². The Bertz CT molecular complexity index is 1190. The van der Waals surface area contributed by atoms with Crippen molar-refractivity contribution in [2.75, 3.05) is 14.1 Å². The van der Waals surface area contributed by atoms with E-state index >= 15 is 0 Å². The van der Waals surface area contributed by atoms with Crippen LogP contribution in [-0.2, 0) is 14.4 Å². The standard InChI is InChI=1S/C22H22N2O8.Ca/c1-7-8-5-4-6-9(25)11(8)16(26)12-10(7)17(27)14-15(24(2)3)18(28)13(21(23)31)20(30)22(14,32)19(12)29;/h4-6,10,14-15,17,25-27,30,32H,1H2,2-3H3,(H2,23,31);/q;+2/t10-,14-,15+,17+,22+;/m1./s1. The van der Waals surface area contributed by atoms with Gasteiger partial charge in [0.1, 0.15) is 22.8 Å². The number of hydrogen-bond acceptors (Lipinski definition) is 9. The van der Waals surface area contributed by atoms with E-state index in [0.717, 1.165) is 0 Å². The second kappa shape index (κ2) is 8.23. The molecule has 3 aliphatic rings. The van der Waals surface area contributed by atoms with E-state index in [2.05, 4.69) is 6.58 Å². The zero-order valence-electron chi connectivity index (χ0n) is 17.9. The van der Waals surface area contributed by atoms with Crippen LogP contribution in [0.1, 0.15) is 11.1 Å². The molecule has 0 unspecified atom stereocenters. The third kappa shape index (κ3) is 3.13. The maximum Gasteiger partial charge on any atom is 2.00 e. The van der Waals surface area contributed by atoms with Crippen molar-refractivity contribution in [3.8, 4) is 5.75 Å². The van der Waals surface area contributed by atoms with E-state index in [1.807, 2.05) is 0 Å². The summed E-state index contributed by atoms with van der Waals surface area (Å²) in [7, 11) is 2.88. The maximum atomic E-state index is 13.6. The Hall–Kier alpha value is -2.21. The molecule has 0 saturated heterocycles. The predicted octanol–water partition coefficient (Wildman–Crippen LogP) is -0.975. The molecule has 3 aliphatic carbocycles. The van der Waals surface area contributed by atoms with Gasteiger partial charge in [-0.15, -0.1) is 0 Å². The number of phenols is 1. The number of benzene rings is 1. The monoisotopic (exact) mass is 482 g/mol. The minimum absolute atomic E-state index is 0. The van der Waals surface area contributed by atoms with Gasteiger partial charge in [0, 0.05) is 5.92 Å². The number of carbonyl (C=O) groups is 3. The molecule has 0 bridgehead atoms. The summed E-state index contributed by atoms with van der Waals surface area (Å²) in [6.45, 7) is 3.91. The van der Waals surface area contributed by atoms with E-state index in [4.69, 9.17) is 5.73 Å². The van der Waals surface area contributed by atoms with Gasteiger partial charge in [0.15, 0.2) is 11.4 Å². The second-order valence-electron chi connectivity index (χ2n) is 8.44. The Morgan fingerprint density at radius 3 is 2.33 bits per heavy atom. The van der Waals surface area contributed by atoms with E-state index in [1.54, 1.807) is 0 Å². The minimum Gasteiger partial charge on any atom is -0.508 e. The summed E-state index contributed by atoms with van der Waals surface area (Å²) < 4.78 is 0. The number of ketones is 2. The van der Waals surface area contributed by atoms with E-state index in [9.17, 15) is 39.9 Å². The number of primary amides is 1. The van der Waals surface area contributed by atoms with Crippen LogP contribution in [-0.4, -0.2) is 117 Å². The first-order valence-electron chi connectivity index (χ1n) is 9.71. The van der Waals surface area contributed by atoms with Crippen LogP contribution in [0.4, 0.5) is 0 Å². The number of phenolic OH excluding ortho intramolecular Hbond substituents is 1. The number of hydrogen-bond donors (Lipinski definition) is 6. The molecule has 5 atom stereocenters. The van der Waals surface area contributed by atoms with Gasteiger partial charge in [-0.1, -0.05) is 18.7 Å². The molecule has 0 spiro atoms. The van der Waals surface area contributed by atoms with Crippen LogP contribution in [0.2, 0.25) is 0 Å². The number of nitrogens with zero attached hydrogens (tertiary/aromatic N) is 1. The summed E-state index contributed by atoms with van der Waals surface area (Å²) in [4.78, 5) is 39.8. The third-order valence-corrected chi connectivity index (χ3v) is 6.61. The Labute approximate surface area is 218 Å². The van der Waals surface area contributed by atoms with Crippen LogP contribution in [0.25, 0.3) is 11.3 Å². The predicted molar refractivity (Wildman–Crippen MR) is 117 cm³/mol. The first kappa shape index (κ1) is 25.4. The van der Waals surface area contributed by atoms with Crippen LogP contribution in [0, 0.1) is 11.8 Å². The fourth-order valence-corrected chi connectivity index (χ4v) is 5.21. The van der Waals surface area contributed by atoms with E-state index in [0.29, 0.717) is 0 Å². The molecule has 4 rings (SSSR count). The molecule has 33 heavy (non-hydrogen) atoms. The van der Waals surface area contributed by atoms with Gasteiger partial charge in [0.25, 0.3) is 5.91 Å². The van der Waals surface area contributed by atoms with Crippen LogP contribution in [0.15, 0.2) is 41.7 Å². The van der Waals surface area contributed by atoms with Gasteiger partial charge in [-0.05, 0) is 31.3 Å². The summed E-state index contributed by atoms with van der Waals surface area (Å²) in [5, 5.41) is 54.7. The van der Waals surface area contributed by atoms with Gasteiger partial charge in [-0.2, -0.15) is 0 Å². The summed E-state index contributed by atoms with van der Waals surface area (Å²) in [5.74, 6) is -8.78. The average molecular weight is 483 g/mol. The summed E-state index contributed by atoms with van der Waals surface area (Å²) in [6, 6.07) is 2.89. The van der Waals surface area contributed by atoms with Gasteiger partial charge in [-0.3, -0.25) is 19.3 Å². The van der Waals surface area contributed by atoms with Gasteiger partial charge in [0.2, 0.25) is 5.78 Å². The van der Waals surface area contributed by atoms with Crippen LogP contribution in [0.3, 0.4) is 0 Å². The van der Waals surface area contributed by atoms with E-state index in [-0.39, 0.29) is 60.2 Å². The number of fused-ring (bicyclic) bond motifs is 3. The van der Waals surface area contributed by atoms with E-state index in [1.165, 1.54) is 37.2 Å². The molecule has 0 heterocycles. The molecule has 0 aliphatic heterocycles. The largest absolute Gasteiger partial charge is 2.00 e. The Balaban J connectivity index is 0.00000306. The quantitative estimate of drug-likeness (QED) is 0.228. The summed E-state index contributed by atoms with van der Waals surface area (Å²) in [5.41, 5.74) is 1.16. The Morgan fingerprint density at radius 2 is 1.79 bits per heavy atom. The number of carbonyl (C=O) groups excluding carboxylic acids is 3. The van der Waals surface area contributed by atoms with Crippen molar-refractivity contribution in [3.05, 3.63) is 52.8 Å². The normalized spacial score (nSPS) is 31.1. The summed E-state index contributed by atoms with van der Waals surface area (Å²) in [6.07, 6.45) is -1.69. The fraction of sp³-hybridized carbons (Fsp3) is 0.318. The molecular weight excluding hydrogens is 460 g/mol. The molecule has 10 nitrogen and oxygen atoms in total. The fourth-order valence-electron chi connectivity index (χ4n) is 5.21. The molecule has 0 radical (unpaired) electrons. The summed E-state index contributed by atoms with van der Waals surface area (Å²) >= 11 is 0. The number of nitrogens with two attached hydrogens (primary N) is 1. The average Bonchev–Trinajstić information content (AvgIpc) is 2.70. The minimum atomic E-state index is -2.94. The SMILES string of the molecule is C=C1c2cccc(O)c2C(O)=C2C(=O)[C@]3(O)C(O)=C(C(N)=O)C(=O)[C@@H](N(C)C)[C@@H]3[C@@H](O)[C@H]12.[Ca+2].